The van der Waals surface area contributed by atoms with E-state index < -0.39 is 5.97 Å². The van der Waals surface area contributed by atoms with Gasteiger partial charge in [0, 0.05) is 13.1 Å². The molecule has 1 amide bonds. The Hall–Kier alpha value is -2.28. The number of rotatable bonds is 8. The van der Waals surface area contributed by atoms with Gasteiger partial charge in [0.15, 0.2) is 11.5 Å². The van der Waals surface area contributed by atoms with Crippen molar-refractivity contribution >= 4 is 11.9 Å². The third-order valence-corrected chi connectivity index (χ3v) is 4.85. The number of carboxylic acid groups (broad SMARTS) is 1. The maximum Gasteiger partial charge on any atom is 0.306 e. The third kappa shape index (κ3) is 5.11. The second-order valence-corrected chi connectivity index (χ2v) is 6.49. The number of carbonyl (C=O) groups is 2. The van der Waals surface area contributed by atoms with E-state index in [1.54, 1.807) is 19.1 Å². The van der Waals surface area contributed by atoms with Crippen LogP contribution in [0, 0.1) is 5.92 Å². The normalized spacial score (nSPS) is 15.5. The van der Waals surface area contributed by atoms with Crippen molar-refractivity contribution in [3.8, 4) is 11.5 Å². The number of nitrogens with zero attached hydrogens (tertiary/aromatic N) is 2. The van der Waals surface area contributed by atoms with Gasteiger partial charge in [-0.1, -0.05) is 6.07 Å². The second kappa shape index (κ2) is 9.43. The first-order valence-corrected chi connectivity index (χ1v) is 8.92. The predicted octanol–water partition coefficient (Wildman–Crippen LogP) is 1.85. The van der Waals surface area contributed by atoms with Gasteiger partial charge in [0.05, 0.1) is 26.7 Å². The number of ether oxygens (including phenoxy) is 2. The van der Waals surface area contributed by atoms with Crippen LogP contribution in [-0.4, -0.2) is 67.2 Å². The lowest BCUT2D eigenvalue weighted by molar-refractivity contribution is -0.143. The van der Waals surface area contributed by atoms with Crippen molar-refractivity contribution in [3.63, 3.8) is 0 Å². The summed E-state index contributed by atoms with van der Waals surface area (Å²) >= 11 is 0. The molecule has 1 heterocycles. The summed E-state index contributed by atoms with van der Waals surface area (Å²) in [4.78, 5) is 27.5. The van der Waals surface area contributed by atoms with E-state index >= 15 is 0 Å². The van der Waals surface area contributed by atoms with Crippen LogP contribution < -0.4 is 9.47 Å². The molecule has 1 aromatic rings. The minimum atomic E-state index is -0.736. The highest BCUT2D eigenvalue weighted by molar-refractivity contribution is 5.78. The molecule has 0 unspecified atom stereocenters. The van der Waals surface area contributed by atoms with E-state index in [0.29, 0.717) is 57.1 Å². The lowest BCUT2D eigenvalue weighted by atomic mass is 9.97. The van der Waals surface area contributed by atoms with Crippen LogP contribution in [0.2, 0.25) is 0 Å². The summed E-state index contributed by atoms with van der Waals surface area (Å²) in [5.41, 5.74) is 0.974. The molecule has 1 aromatic carbocycles. The fraction of sp³-hybridized carbons (Fsp3) is 0.579. The summed E-state index contributed by atoms with van der Waals surface area (Å²) in [5.74, 6) is 0.335. The van der Waals surface area contributed by atoms with Gasteiger partial charge in [0.1, 0.15) is 0 Å². The minimum absolute atomic E-state index is 0.0519. The van der Waals surface area contributed by atoms with Gasteiger partial charge >= 0.3 is 5.97 Å². The highest BCUT2D eigenvalue weighted by Gasteiger charge is 2.26. The van der Waals surface area contributed by atoms with E-state index in [0.717, 1.165) is 5.56 Å². The highest BCUT2D eigenvalue weighted by atomic mass is 16.5. The number of hydrogen-bond donors (Lipinski definition) is 1. The zero-order chi connectivity index (χ0) is 19.1. The van der Waals surface area contributed by atoms with Crippen molar-refractivity contribution in [1.82, 2.24) is 9.80 Å². The van der Waals surface area contributed by atoms with Gasteiger partial charge in [0.2, 0.25) is 5.91 Å². The molecule has 1 fully saturated rings. The van der Waals surface area contributed by atoms with Crippen LogP contribution in [0.1, 0.15) is 25.3 Å². The minimum Gasteiger partial charge on any atom is -0.493 e. The number of methoxy groups -OCH3 is 2. The molecule has 0 bridgehead atoms. The van der Waals surface area contributed by atoms with Gasteiger partial charge in [-0.3, -0.25) is 14.5 Å². The summed E-state index contributed by atoms with van der Waals surface area (Å²) in [6.07, 6.45) is 1.20. The van der Waals surface area contributed by atoms with Crippen LogP contribution in [0.3, 0.4) is 0 Å². The maximum absolute atomic E-state index is 12.7. The lowest BCUT2D eigenvalue weighted by Gasteiger charge is -2.31. The van der Waals surface area contributed by atoms with Crippen molar-refractivity contribution in [2.75, 3.05) is 40.4 Å². The number of likely N-dealkylation sites (N-methyl/N-ethyl adjacent to an activating group) is 1. The predicted molar refractivity (Wildman–Crippen MR) is 97.4 cm³/mol. The number of likely N-dealkylation sites (tertiary alicyclic amines) is 1. The number of aliphatic carboxylic acids is 1. The van der Waals surface area contributed by atoms with Crippen LogP contribution in [-0.2, 0) is 16.1 Å². The van der Waals surface area contributed by atoms with E-state index in [2.05, 4.69) is 0 Å². The monoisotopic (exact) mass is 364 g/mol. The number of benzene rings is 1. The zero-order valence-corrected chi connectivity index (χ0v) is 15.7. The molecule has 0 saturated carbocycles. The Bertz CT molecular complexity index is 626. The van der Waals surface area contributed by atoms with E-state index in [1.807, 2.05) is 30.0 Å². The Morgan fingerprint density at radius 3 is 2.38 bits per heavy atom. The van der Waals surface area contributed by atoms with Crippen molar-refractivity contribution < 1.29 is 24.2 Å². The molecule has 2 rings (SSSR count). The maximum atomic E-state index is 12.7. The van der Waals surface area contributed by atoms with Crippen LogP contribution in [0.5, 0.6) is 11.5 Å². The largest absolute Gasteiger partial charge is 0.493 e. The molecular formula is C19H28N2O5. The molecule has 7 heteroatoms. The average molecular weight is 364 g/mol. The van der Waals surface area contributed by atoms with Gasteiger partial charge in [0.25, 0.3) is 0 Å². The van der Waals surface area contributed by atoms with Crippen molar-refractivity contribution in [3.05, 3.63) is 23.8 Å². The van der Waals surface area contributed by atoms with Crippen LogP contribution in [0.15, 0.2) is 18.2 Å². The summed E-state index contributed by atoms with van der Waals surface area (Å²) in [5, 5.41) is 9.06. The molecule has 0 aliphatic carbocycles. The zero-order valence-electron chi connectivity index (χ0n) is 15.7. The first kappa shape index (κ1) is 20.0. The summed E-state index contributed by atoms with van der Waals surface area (Å²) in [6, 6.07) is 5.64. The van der Waals surface area contributed by atoms with Crippen LogP contribution in [0.4, 0.5) is 0 Å². The molecule has 0 spiro atoms. The fourth-order valence-electron chi connectivity index (χ4n) is 3.21. The lowest BCUT2D eigenvalue weighted by Crippen LogP contribution is -2.44. The number of hydrogen-bond acceptors (Lipinski definition) is 5. The van der Waals surface area contributed by atoms with Gasteiger partial charge in [-0.2, -0.15) is 0 Å². The molecule has 0 atom stereocenters. The van der Waals surface area contributed by atoms with E-state index in [1.165, 1.54) is 0 Å². The highest BCUT2D eigenvalue weighted by Crippen LogP contribution is 2.28. The second-order valence-electron chi connectivity index (χ2n) is 6.49. The van der Waals surface area contributed by atoms with E-state index in [9.17, 15) is 9.59 Å². The van der Waals surface area contributed by atoms with Gasteiger partial charge in [-0.05, 0) is 50.6 Å². The SMILES string of the molecule is CCN(Cc1ccc(OC)c(OC)c1)C(=O)CN1CCC(C(=O)O)CC1. The first-order chi connectivity index (χ1) is 12.5. The fourth-order valence-corrected chi connectivity index (χ4v) is 3.21. The first-order valence-electron chi connectivity index (χ1n) is 8.92. The average Bonchev–Trinajstić information content (AvgIpc) is 2.66. The van der Waals surface area contributed by atoms with Crippen molar-refractivity contribution in [1.29, 1.82) is 0 Å². The Morgan fingerprint density at radius 2 is 1.85 bits per heavy atom. The number of piperidine rings is 1. The molecule has 1 aliphatic rings. The number of amides is 1. The summed E-state index contributed by atoms with van der Waals surface area (Å²) < 4.78 is 10.6. The van der Waals surface area contributed by atoms with E-state index in [-0.39, 0.29) is 11.8 Å². The summed E-state index contributed by atoms with van der Waals surface area (Å²) in [7, 11) is 3.18. The molecule has 1 saturated heterocycles. The van der Waals surface area contributed by atoms with Gasteiger partial charge < -0.3 is 19.5 Å². The van der Waals surface area contributed by atoms with Gasteiger partial charge in [-0.25, -0.2) is 0 Å². The molecule has 144 valence electrons. The van der Waals surface area contributed by atoms with Crippen molar-refractivity contribution in [2.45, 2.75) is 26.3 Å². The number of carbonyl (C=O) groups excluding carboxylic acids is 1. The quantitative estimate of drug-likeness (QED) is 0.758. The Balaban J connectivity index is 1.94. The molecule has 0 aromatic heterocycles. The molecule has 0 radical (unpaired) electrons. The van der Waals surface area contributed by atoms with Crippen LogP contribution in [0.25, 0.3) is 0 Å². The molecule has 7 nitrogen and oxygen atoms in total. The smallest absolute Gasteiger partial charge is 0.306 e. The Labute approximate surface area is 154 Å². The molecule has 1 N–H and O–H groups in total. The van der Waals surface area contributed by atoms with Gasteiger partial charge in [-0.15, -0.1) is 0 Å². The topological polar surface area (TPSA) is 79.3 Å². The summed E-state index contributed by atoms with van der Waals surface area (Å²) in [6.45, 7) is 4.69. The molecular weight excluding hydrogens is 336 g/mol. The standard InChI is InChI=1S/C19H28N2O5/c1-4-21(12-14-5-6-16(25-2)17(11-14)26-3)18(22)13-20-9-7-15(8-10-20)19(23)24/h5-6,11,15H,4,7-10,12-13H2,1-3H3,(H,23,24). The molecule has 1 aliphatic heterocycles. The van der Waals surface area contributed by atoms with Crippen molar-refractivity contribution in [2.24, 2.45) is 5.92 Å². The Morgan fingerprint density at radius 1 is 1.19 bits per heavy atom. The molecule has 26 heavy (non-hydrogen) atoms. The number of carboxylic acids is 1. The Kier molecular flexibility index (Phi) is 7.26. The van der Waals surface area contributed by atoms with Crippen LogP contribution >= 0.6 is 0 Å². The third-order valence-electron chi connectivity index (χ3n) is 4.85. The van der Waals surface area contributed by atoms with E-state index in [4.69, 9.17) is 14.6 Å².